The Morgan fingerprint density at radius 2 is 1.58 bits per heavy atom. The van der Waals surface area contributed by atoms with E-state index < -0.39 is 22.6 Å². The van der Waals surface area contributed by atoms with Crippen molar-refractivity contribution < 1.29 is 19.3 Å². The SMILES string of the molecule is O=C(/C=C/c1cccc([N+](=O)[O-])c1)Nc1cccc(N2C(=O)c3ccccc3C2=O)c1. The third-order valence-corrected chi connectivity index (χ3v) is 4.67. The van der Waals surface area contributed by atoms with Gasteiger partial charge in [0.15, 0.2) is 0 Å². The second kappa shape index (κ2) is 8.03. The average Bonchev–Trinajstić information content (AvgIpc) is 3.03. The van der Waals surface area contributed by atoms with Gasteiger partial charge in [0, 0.05) is 23.9 Å². The van der Waals surface area contributed by atoms with E-state index in [0.29, 0.717) is 28.1 Å². The van der Waals surface area contributed by atoms with Gasteiger partial charge in [0.05, 0.1) is 21.7 Å². The first-order valence-electron chi connectivity index (χ1n) is 9.25. The number of fused-ring (bicyclic) bond motifs is 1. The van der Waals surface area contributed by atoms with Crippen molar-refractivity contribution in [2.24, 2.45) is 0 Å². The summed E-state index contributed by atoms with van der Waals surface area (Å²) in [5, 5.41) is 13.5. The molecule has 4 rings (SSSR count). The van der Waals surface area contributed by atoms with Crippen LogP contribution in [0.25, 0.3) is 6.08 Å². The zero-order valence-electron chi connectivity index (χ0n) is 16.0. The molecule has 0 atom stereocenters. The van der Waals surface area contributed by atoms with Crippen molar-refractivity contribution >= 4 is 40.9 Å². The Kier molecular flexibility index (Phi) is 5.11. The lowest BCUT2D eigenvalue weighted by Gasteiger charge is -2.15. The first-order chi connectivity index (χ1) is 14.9. The largest absolute Gasteiger partial charge is 0.322 e. The first kappa shape index (κ1) is 19.7. The van der Waals surface area contributed by atoms with E-state index in [1.807, 2.05) is 0 Å². The van der Waals surface area contributed by atoms with Gasteiger partial charge in [0.2, 0.25) is 5.91 Å². The topological polar surface area (TPSA) is 110 Å². The van der Waals surface area contributed by atoms with Gasteiger partial charge in [-0.05, 0) is 42.0 Å². The van der Waals surface area contributed by atoms with Gasteiger partial charge in [0.1, 0.15) is 0 Å². The molecule has 0 unspecified atom stereocenters. The molecule has 3 aromatic rings. The van der Waals surface area contributed by atoms with Crippen LogP contribution in [0.4, 0.5) is 17.1 Å². The number of hydrogen-bond donors (Lipinski definition) is 1. The van der Waals surface area contributed by atoms with Crippen molar-refractivity contribution in [1.82, 2.24) is 0 Å². The summed E-state index contributed by atoms with van der Waals surface area (Å²) >= 11 is 0. The van der Waals surface area contributed by atoms with Crippen LogP contribution in [0.1, 0.15) is 26.3 Å². The molecule has 0 saturated carbocycles. The number of hydrogen-bond acceptors (Lipinski definition) is 5. The van der Waals surface area contributed by atoms with Crippen molar-refractivity contribution in [2.75, 3.05) is 10.2 Å². The molecule has 0 aromatic heterocycles. The van der Waals surface area contributed by atoms with Crippen LogP contribution in [0.15, 0.2) is 78.9 Å². The summed E-state index contributed by atoms with van der Waals surface area (Å²) in [5.41, 5.74) is 1.83. The Bertz CT molecular complexity index is 1230. The lowest BCUT2D eigenvalue weighted by molar-refractivity contribution is -0.384. The van der Waals surface area contributed by atoms with Crippen molar-refractivity contribution in [3.8, 4) is 0 Å². The summed E-state index contributed by atoms with van der Waals surface area (Å²) in [6.07, 6.45) is 2.70. The molecule has 3 aromatic carbocycles. The Morgan fingerprint density at radius 3 is 2.26 bits per heavy atom. The summed E-state index contributed by atoms with van der Waals surface area (Å²) in [4.78, 5) is 48.9. The molecule has 152 valence electrons. The number of nitro benzene ring substituents is 1. The van der Waals surface area contributed by atoms with E-state index in [-0.39, 0.29) is 5.69 Å². The Balaban J connectivity index is 1.50. The van der Waals surface area contributed by atoms with E-state index >= 15 is 0 Å². The highest BCUT2D eigenvalue weighted by molar-refractivity contribution is 6.34. The normalized spacial score (nSPS) is 12.8. The maximum absolute atomic E-state index is 12.6. The standard InChI is InChI=1S/C23H15N3O5/c27-21(12-11-15-5-3-8-18(13-15)26(30)31)24-16-6-4-7-17(14-16)25-22(28)19-9-1-2-10-20(19)23(25)29/h1-14H,(H,24,27)/b12-11+. The molecule has 3 amide bonds. The Morgan fingerprint density at radius 1 is 0.903 bits per heavy atom. The number of nitrogens with one attached hydrogen (secondary N) is 1. The zero-order valence-corrected chi connectivity index (χ0v) is 16.0. The average molecular weight is 413 g/mol. The summed E-state index contributed by atoms with van der Waals surface area (Å²) in [6, 6.07) is 18.8. The number of amides is 3. The number of nitrogens with zero attached hydrogens (tertiary/aromatic N) is 2. The van der Waals surface area contributed by atoms with Crippen LogP contribution in [0.3, 0.4) is 0 Å². The highest BCUT2D eigenvalue weighted by Crippen LogP contribution is 2.29. The molecule has 8 nitrogen and oxygen atoms in total. The van der Waals surface area contributed by atoms with Crippen molar-refractivity contribution in [3.63, 3.8) is 0 Å². The molecule has 1 aliphatic heterocycles. The van der Waals surface area contributed by atoms with Crippen molar-refractivity contribution in [3.05, 3.63) is 106 Å². The van der Waals surface area contributed by atoms with Crippen LogP contribution in [-0.2, 0) is 4.79 Å². The summed E-state index contributed by atoms with van der Waals surface area (Å²) in [5.74, 6) is -1.31. The second-order valence-electron chi connectivity index (χ2n) is 6.72. The molecule has 31 heavy (non-hydrogen) atoms. The highest BCUT2D eigenvalue weighted by atomic mass is 16.6. The molecule has 1 heterocycles. The molecule has 0 spiro atoms. The number of carbonyl (C=O) groups is 3. The molecule has 8 heteroatoms. The van der Waals surface area contributed by atoms with E-state index in [0.717, 1.165) is 4.90 Å². The molecule has 0 fully saturated rings. The van der Waals surface area contributed by atoms with Crippen molar-refractivity contribution in [1.29, 1.82) is 0 Å². The minimum Gasteiger partial charge on any atom is -0.322 e. The monoisotopic (exact) mass is 413 g/mol. The lowest BCUT2D eigenvalue weighted by Crippen LogP contribution is -2.29. The van der Waals surface area contributed by atoms with Crippen LogP contribution < -0.4 is 10.2 Å². The van der Waals surface area contributed by atoms with Gasteiger partial charge >= 0.3 is 0 Å². The minimum atomic E-state index is -0.512. The van der Waals surface area contributed by atoms with Gasteiger partial charge < -0.3 is 5.32 Å². The third-order valence-electron chi connectivity index (χ3n) is 4.67. The van der Waals surface area contributed by atoms with Gasteiger partial charge in [-0.1, -0.05) is 30.3 Å². The fraction of sp³-hybridized carbons (Fsp3) is 0. The predicted octanol–water partition coefficient (Wildman–Crippen LogP) is 4.05. The van der Waals surface area contributed by atoms with E-state index in [1.54, 1.807) is 48.5 Å². The van der Waals surface area contributed by atoms with E-state index in [2.05, 4.69) is 5.32 Å². The van der Waals surface area contributed by atoms with Crippen LogP contribution in [-0.4, -0.2) is 22.6 Å². The Labute approximate surface area is 176 Å². The van der Waals surface area contributed by atoms with Crippen LogP contribution >= 0.6 is 0 Å². The molecular formula is C23H15N3O5. The summed E-state index contributed by atoms with van der Waals surface area (Å²) < 4.78 is 0. The number of non-ortho nitro benzene ring substituents is 1. The molecule has 0 aliphatic carbocycles. The van der Waals surface area contributed by atoms with Crippen LogP contribution in [0.2, 0.25) is 0 Å². The van der Waals surface area contributed by atoms with E-state index in [9.17, 15) is 24.5 Å². The first-order valence-corrected chi connectivity index (χ1v) is 9.25. The molecule has 0 saturated heterocycles. The molecule has 1 N–H and O–H groups in total. The van der Waals surface area contributed by atoms with Gasteiger partial charge in [-0.15, -0.1) is 0 Å². The van der Waals surface area contributed by atoms with Gasteiger partial charge in [-0.3, -0.25) is 24.5 Å². The van der Waals surface area contributed by atoms with Gasteiger partial charge in [0.25, 0.3) is 17.5 Å². The number of carbonyl (C=O) groups excluding carboxylic acids is 3. The fourth-order valence-electron chi connectivity index (χ4n) is 3.24. The van der Waals surface area contributed by atoms with E-state index in [1.165, 1.54) is 36.4 Å². The summed E-state index contributed by atoms with van der Waals surface area (Å²) in [6.45, 7) is 0. The Hall–Kier alpha value is -4.59. The number of imide groups is 1. The number of benzene rings is 3. The molecule has 0 radical (unpaired) electrons. The summed E-state index contributed by atoms with van der Waals surface area (Å²) in [7, 11) is 0. The predicted molar refractivity (Wildman–Crippen MR) is 115 cm³/mol. The molecule has 0 bridgehead atoms. The quantitative estimate of drug-likeness (QED) is 0.294. The lowest BCUT2D eigenvalue weighted by atomic mass is 10.1. The smallest absolute Gasteiger partial charge is 0.270 e. The van der Waals surface area contributed by atoms with Crippen LogP contribution in [0, 0.1) is 10.1 Å². The van der Waals surface area contributed by atoms with Crippen molar-refractivity contribution in [2.45, 2.75) is 0 Å². The maximum atomic E-state index is 12.6. The number of anilines is 2. The van der Waals surface area contributed by atoms with Gasteiger partial charge in [-0.2, -0.15) is 0 Å². The van der Waals surface area contributed by atoms with Crippen LogP contribution in [0.5, 0.6) is 0 Å². The minimum absolute atomic E-state index is 0.0730. The second-order valence-corrected chi connectivity index (χ2v) is 6.72. The molecular weight excluding hydrogens is 398 g/mol. The number of nitro groups is 1. The fourth-order valence-corrected chi connectivity index (χ4v) is 3.24. The number of rotatable bonds is 5. The third kappa shape index (κ3) is 3.95. The van der Waals surface area contributed by atoms with Gasteiger partial charge in [-0.25, -0.2) is 4.90 Å². The highest BCUT2D eigenvalue weighted by Gasteiger charge is 2.36. The zero-order chi connectivity index (χ0) is 22.0. The van der Waals surface area contributed by atoms with E-state index in [4.69, 9.17) is 0 Å². The molecule has 1 aliphatic rings. The maximum Gasteiger partial charge on any atom is 0.270 e.